The maximum atomic E-state index is 13.9. The summed E-state index contributed by atoms with van der Waals surface area (Å²) in [6, 6.07) is 4.62. The molecule has 12 heteroatoms. The molecule has 0 radical (unpaired) electrons. The van der Waals surface area contributed by atoms with E-state index in [0.29, 0.717) is 68.0 Å². The lowest BCUT2D eigenvalue weighted by atomic mass is 9.98. The highest BCUT2D eigenvalue weighted by atomic mass is 32.2. The lowest BCUT2D eigenvalue weighted by Gasteiger charge is -2.33. The van der Waals surface area contributed by atoms with Gasteiger partial charge in [-0.15, -0.1) is 0 Å². The average Bonchev–Trinajstić information content (AvgIpc) is 3.31. The summed E-state index contributed by atoms with van der Waals surface area (Å²) in [4.78, 5) is 37.0. The van der Waals surface area contributed by atoms with E-state index in [2.05, 4.69) is 22.0 Å². The molecule has 1 amide bonds. The topological polar surface area (TPSA) is 130 Å². The molecule has 3 heterocycles. The van der Waals surface area contributed by atoms with Crippen molar-refractivity contribution in [1.29, 1.82) is 0 Å². The van der Waals surface area contributed by atoms with Crippen LogP contribution in [0.2, 0.25) is 0 Å². The number of H-pyrrole nitrogens is 1. The Labute approximate surface area is 248 Å². The zero-order valence-electron chi connectivity index (χ0n) is 25.5. The van der Waals surface area contributed by atoms with Crippen LogP contribution in [0, 0.1) is 12.8 Å². The Bertz CT molecular complexity index is 1560. The summed E-state index contributed by atoms with van der Waals surface area (Å²) in [5.74, 6) is 0.958. The number of ether oxygens (including phenoxy) is 1. The zero-order valence-corrected chi connectivity index (χ0v) is 26.3. The van der Waals surface area contributed by atoms with Gasteiger partial charge in [0.25, 0.3) is 5.56 Å². The van der Waals surface area contributed by atoms with Crippen molar-refractivity contribution in [2.24, 2.45) is 5.92 Å². The zero-order chi connectivity index (χ0) is 30.4. The number of imidazole rings is 1. The first-order chi connectivity index (χ1) is 20.2. The number of benzene rings is 1. The van der Waals surface area contributed by atoms with Crippen molar-refractivity contribution in [2.45, 2.75) is 84.5 Å². The molecule has 230 valence electrons. The number of rotatable bonds is 13. The third kappa shape index (κ3) is 6.54. The molecule has 1 aromatic carbocycles. The van der Waals surface area contributed by atoms with Gasteiger partial charge in [0, 0.05) is 32.6 Å². The van der Waals surface area contributed by atoms with Gasteiger partial charge in [-0.05, 0) is 65.2 Å². The molecule has 4 rings (SSSR count). The van der Waals surface area contributed by atoms with Gasteiger partial charge in [0.05, 0.1) is 28.7 Å². The number of carbonyl (C=O) groups is 1. The van der Waals surface area contributed by atoms with Crippen LogP contribution in [0.3, 0.4) is 0 Å². The SMILES string of the molecule is CCCCCCc1nc(C)c2c(=O)nc(-c3cc(S(=O)(=O)N4CCCC(C(=O)N(CC)CC)C4)ccc3OCC)[nH]n12. The Kier molecular flexibility index (Phi) is 10.4. The summed E-state index contributed by atoms with van der Waals surface area (Å²) in [6.07, 6.45) is 6.22. The standard InChI is InChI=1S/C30H44N6O5S/c1-6-10-11-12-15-26-31-21(5)27-29(37)32-28(33-36(26)27)24-19-23(16-17-25(24)41-9-4)42(39,40)35-18-13-14-22(20-35)30(38)34(7-2)8-3/h16-17,19,22H,6-15,18,20H2,1-5H3,(H,32,33,37). The van der Waals surface area contributed by atoms with Crippen molar-refractivity contribution in [3.05, 3.63) is 40.1 Å². The van der Waals surface area contributed by atoms with Crippen molar-refractivity contribution >= 4 is 21.4 Å². The normalized spacial score (nSPS) is 16.2. The Morgan fingerprint density at radius 1 is 1.12 bits per heavy atom. The molecule has 1 N–H and O–H groups in total. The van der Waals surface area contributed by atoms with Crippen LogP contribution >= 0.6 is 0 Å². The number of amides is 1. The van der Waals surface area contributed by atoms with Crippen LogP contribution < -0.4 is 10.3 Å². The van der Waals surface area contributed by atoms with E-state index in [9.17, 15) is 18.0 Å². The number of piperidine rings is 1. The molecule has 1 fully saturated rings. The summed E-state index contributed by atoms with van der Waals surface area (Å²) in [5, 5.41) is 3.22. The number of nitrogens with one attached hydrogen (secondary N) is 1. The van der Waals surface area contributed by atoms with Gasteiger partial charge in [-0.1, -0.05) is 26.2 Å². The molecule has 0 aliphatic carbocycles. The van der Waals surface area contributed by atoms with E-state index in [1.807, 2.05) is 20.8 Å². The smallest absolute Gasteiger partial charge is 0.299 e. The highest BCUT2D eigenvalue weighted by Crippen LogP contribution is 2.33. The average molecular weight is 601 g/mol. The Morgan fingerprint density at radius 3 is 2.57 bits per heavy atom. The summed E-state index contributed by atoms with van der Waals surface area (Å²) in [5.41, 5.74) is 0.898. The van der Waals surface area contributed by atoms with Crippen LogP contribution in [0.5, 0.6) is 5.75 Å². The summed E-state index contributed by atoms with van der Waals surface area (Å²) >= 11 is 0. The largest absolute Gasteiger partial charge is 0.493 e. The lowest BCUT2D eigenvalue weighted by molar-refractivity contribution is -0.136. The summed E-state index contributed by atoms with van der Waals surface area (Å²) in [6.45, 7) is 11.6. The quantitative estimate of drug-likeness (QED) is 0.291. The second kappa shape index (κ2) is 13.8. The van der Waals surface area contributed by atoms with Crippen LogP contribution in [-0.2, 0) is 21.2 Å². The highest BCUT2D eigenvalue weighted by Gasteiger charge is 2.35. The number of hydrogen-bond acceptors (Lipinski definition) is 7. The van der Waals surface area contributed by atoms with E-state index in [4.69, 9.17) is 4.74 Å². The molecule has 2 aromatic heterocycles. The molecule has 0 bridgehead atoms. The number of carbonyl (C=O) groups excluding carboxylic acids is 1. The number of aromatic amines is 1. The van der Waals surface area contributed by atoms with E-state index >= 15 is 0 Å². The minimum atomic E-state index is -3.94. The van der Waals surface area contributed by atoms with Gasteiger partial charge in [-0.3, -0.25) is 14.7 Å². The third-order valence-electron chi connectivity index (χ3n) is 7.96. The molecule has 42 heavy (non-hydrogen) atoms. The predicted molar refractivity (Wildman–Crippen MR) is 162 cm³/mol. The molecular formula is C30H44N6O5S. The van der Waals surface area contributed by atoms with E-state index in [1.54, 1.807) is 22.4 Å². The fourth-order valence-electron chi connectivity index (χ4n) is 5.68. The number of aromatic nitrogens is 4. The molecule has 1 atom stereocenters. The minimum absolute atomic E-state index is 0.0107. The second-order valence-corrected chi connectivity index (χ2v) is 12.7. The van der Waals surface area contributed by atoms with Crippen molar-refractivity contribution in [3.8, 4) is 17.1 Å². The lowest BCUT2D eigenvalue weighted by Crippen LogP contribution is -2.46. The molecule has 0 saturated carbocycles. The van der Waals surface area contributed by atoms with E-state index in [0.717, 1.165) is 31.5 Å². The molecule has 1 unspecified atom stereocenters. The predicted octanol–water partition coefficient (Wildman–Crippen LogP) is 4.18. The molecule has 0 spiro atoms. The van der Waals surface area contributed by atoms with Crippen LogP contribution in [-0.4, -0.2) is 75.9 Å². The first-order valence-electron chi connectivity index (χ1n) is 15.2. The van der Waals surface area contributed by atoms with Crippen molar-refractivity contribution in [1.82, 2.24) is 28.8 Å². The number of fused-ring (bicyclic) bond motifs is 1. The summed E-state index contributed by atoms with van der Waals surface area (Å²) < 4.78 is 36.7. The number of sulfonamides is 1. The van der Waals surface area contributed by atoms with Crippen LogP contribution in [0.15, 0.2) is 27.9 Å². The molecule has 1 aliphatic rings. The van der Waals surface area contributed by atoms with Gasteiger partial charge in [0.15, 0.2) is 11.3 Å². The number of hydrogen-bond donors (Lipinski definition) is 1. The minimum Gasteiger partial charge on any atom is -0.493 e. The van der Waals surface area contributed by atoms with Crippen molar-refractivity contribution in [3.63, 3.8) is 0 Å². The van der Waals surface area contributed by atoms with Gasteiger partial charge >= 0.3 is 0 Å². The molecular weight excluding hydrogens is 556 g/mol. The maximum Gasteiger partial charge on any atom is 0.299 e. The summed E-state index contributed by atoms with van der Waals surface area (Å²) in [7, 11) is -3.94. The number of unbranched alkanes of at least 4 members (excludes halogenated alkanes) is 3. The maximum absolute atomic E-state index is 13.9. The van der Waals surface area contributed by atoms with E-state index < -0.39 is 15.6 Å². The molecule has 1 aliphatic heterocycles. The molecule has 1 saturated heterocycles. The monoisotopic (exact) mass is 600 g/mol. The van der Waals surface area contributed by atoms with Gasteiger partial charge in [0.1, 0.15) is 11.6 Å². The third-order valence-corrected chi connectivity index (χ3v) is 9.82. The van der Waals surface area contributed by atoms with Gasteiger partial charge in [-0.25, -0.2) is 17.9 Å². The second-order valence-electron chi connectivity index (χ2n) is 10.8. The van der Waals surface area contributed by atoms with E-state index in [-0.39, 0.29) is 29.1 Å². The first kappa shape index (κ1) is 31.7. The number of aryl methyl sites for hydroxylation is 2. The van der Waals surface area contributed by atoms with Gasteiger partial charge in [-0.2, -0.15) is 9.29 Å². The Balaban J connectivity index is 1.72. The van der Waals surface area contributed by atoms with E-state index in [1.165, 1.54) is 16.4 Å². The van der Waals surface area contributed by atoms with Gasteiger partial charge < -0.3 is 9.64 Å². The fraction of sp³-hybridized carbons (Fsp3) is 0.600. The molecule has 11 nitrogen and oxygen atoms in total. The Hall–Kier alpha value is -3.25. The highest BCUT2D eigenvalue weighted by molar-refractivity contribution is 7.89. The van der Waals surface area contributed by atoms with Crippen molar-refractivity contribution in [2.75, 3.05) is 32.8 Å². The van der Waals surface area contributed by atoms with Gasteiger partial charge in [0.2, 0.25) is 15.9 Å². The van der Waals surface area contributed by atoms with Crippen LogP contribution in [0.4, 0.5) is 0 Å². The fourth-order valence-corrected chi connectivity index (χ4v) is 7.23. The number of nitrogens with zero attached hydrogens (tertiary/aromatic N) is 5. The first-order valence-corrected chi connectivity index (χ1v) is 16.6. The molecule has 3 aromatic rings. The van der Waals surface area contributed by atoms with Crippen LogP contribution in [0.1, 0.15) is 77.7 Å². The van der Waals surface area contributed by atoms with Crippen molar-refractivity contribution < 1.29 is 17.9 Å². The Morgan fingerprint density at radius 2 is 1.88 bits per heavy atom. The van der Waals surface area contributed by atoms with Crippen LogP contribution in [0.25, 0.3) is 16.9 Å².